The van der Waals surface area contributed by atoms with E-state index < -0.39 is 0 Å². The number of carbonyl (C=O) groups excluding carboxylic acids is 1. The first-order valence-corrected chi connectivity index (χ1v) is 7.48. The van der Waals surface area contributed by atoms with Crippen LogP contribution < -0.4 is 5.73 Å². The minimum Gasteiger partial charge on any atom is -0.399 e. The number of hydrogen-bond donors (Lipinski definition) is 1. The molecule has 1 heterocycles. The Morgan fingerprint density at radius 3 is 2.70 bits per heavy atom. The third-order valence-corrected chi connectivity index (χ3v) is 3.93. The number of anilines is 1. The lowest BCUT2D eigenvalue weighted by Crippen LogP contribution is -2.46. The van der Waals surface area contributed by atoms with Crippen molar-refractivity contribution >= 4 is 11.7 Å². The molecule has 2 N–H and O–H groups in total. The number of carbonyl (C=O) groups is 1. The van der Waals surface area contributed by atoms with Crippen molar-refractivity contribution in [2.24, 2.45) is 5.92 Å². The van der Waals surface area contributed by atoms with Gasteiger partial charge < -0.3 is 15.5 Å². The number of benzene rings is 1. The lowest BCUT2D eigenvalue weighted by atomic mass is 10.0. The average molecular weight is 275 g/mol. The zero-order chi connectivity index (χ0) is 14.5. The fourth-order valence-electron chi connectivity index (χ4n) is 2.72. The molecule has 1 aromatic rings. The summed E-state index contributed by atoms with van der Waals surface area (Å²) in [4.78, 5) is 16.5. The van der Waals surface area contributed by atoms with Crippen LogP contribution in [0.3, 0.4) is 0 Å². The summed E-state index contributed by atoms with van der Waals surface area (Å²) in [6.07, 6.45) is 2.35. The Labute approximate surface area is 121 Å². The summed E-state index contributed by atoms with van der Waals surface area (Å²) in [6.45, 7) is 7.41. The number of piperidine rings is 1. The first-order valence-electron chi connectivity index (χ1n) is 7.48. The van der Waals surface area contributed by atoms with Crippen LogP contribution in [-0.4, -0.2) is 35.5 Å². The normalized spacial score (nSPS) is 18.9. The van der Waals surface area contributed by atoms with Gasteiger partial charge in [-0.05, 0) is 43.4 Å². The van der Waals surface area contributed by atoms with Crippen LogP contribution in [0.1, 0.15) is 32.3 Å². The molecule has 1 aliphatic rings. The van der Waals surface area contributed by atoms with Crippen molar-refractivity contribution in [3.8, 4) is 0 Å². The second kappa shape index (κ2) is 6.64. The number of urea groups is 1. The highest BCUT2D eigenvalue weighted by atomic mass is 16.2. The second-order valence-corrected chi connectivity index (χ2v) is 5.73. The number of nitrogen functional groups attached to an aromatic ring is 1. The second-order valence-electron chi connectivity index (χ2n) is 5.73. The van der Waals surface area contributed by atoms with Crippen LogP contribution in [0.2, 0.25) is 0 Å². The predicted molar refractivity (Wildman–Crippen MR) is 82.3 cm³/mol. The Bertz CT molecular complexity index is 444. The molecule has 20 heavy (non-hydrogen) atoms. The highest BCUT2D eigenvalue weighted by molar-refractivity contribution is 5.74. The van der Waals surface area contributed by atoms with Gasteiger partial charge in [0, 0.05) is 31.9 Å². The van der Waals surface area contributed by atoms with Crippen LogP contribution >= 0.6 is 0 Å². The molecule has 1 saturated heterocycles. The summed E-state index contributed by atoms with van der Waals surface area (Å²) in [5.41, 5.74) is 7.58. The molecule has 1 aromatic carbocycles. The molecule has 1 aliphatic heterocycles. The minimum atomic E-state index is 0.163. The van der Waals surface area contributed by atoms with Crippen LogP contribution in [0.4, 0.5) is 10.5 Å². The van der Waals surface area contributed by atoms with E-state index in [0.29, 0.717) is 12.5 Å². The largest absolute Gasteiger partial charge is 0.399 e. The molecule has 1 fully saturated rings. The standard InChI is InChI=1S/C16H25N3O/c1-3-18(12-14-6-8-15(17)9-7-14)16(20)19-10-4-5-13(2)11-19/h6-9,13H,3-5,10-12,17H2,1-2H3. The van der Waals surface area contributed by atoms with E-state index in [1.54, 1.807) is 0 Å². The zero-order valence-corrected chi connectivity index (χ0v) is 12.5. The SMILES string of the molecule is CCN(Cc1ccc(N)cc1)C(=O)N1CCCC(C)C1. The molecule has 0 bridgehead atoms. The van der Waals surface area contributed by atoms with Crippen LogP contribution in [-0.2, 0) is 6.54 Å². The number of likely N-dealkylation sites (tertiary alicyclic amines) is 1. The molecule has 1 unspecified atom stereocenters. The van der Waals surface area contributed by atoms with Crippen molar-refractivity contribution in [3.05, 3.63) is 29.8 Å². The van der Waals surface area contributed by atoms with E-state index >= 15 is 0 Å². The highest BCUT2D eigenvalue weighted by Crippen LogP contribution is 2.18. The maximum absolute atomic E-state index is 12.6. The van der Waals surface area contributed by atoms with E-state index in [-0.39, 0.29) is 6.03 Å². The van der Waals surface area contributed by atoms with Gasteiger partial charge in [-0.15, -0.1) is 0 Å². The summed E-state index contributed by atoms with van der Waals surface area (Å²) >= 11 is 0. The summed E-state index contributed by atoms with van der Waals surface area (Å²) in [7, 11) is 0. The van der Waals surface area contributed by atoms with Crippen molar-refractivity contribution in [2.75, 3.05) is 25.4 Å². The van der Waals surface area contributed by atoms with E-state index in [1.165, 1.54) is 6.42 Å². The Hall–Kier alpha value is -1.71. The molecule has 0 aliphatic carbocycles. The molecule has 2 rings (SSSR count). The highest BCUT2D eigenvalue weighted by Gasteiger charge is 2.24. The maximum Gasteiger partial charge on any atom is 0.320 e. The zero-order valence-electron chi connectivity index (χ0n) is 12.5. The third kappa shape index (κ3) is 3.65. The maximum atomic E-state index is 12.6. The molecule has 4 heteroatoms. The molecule has 0 saturated carbocycles. The summed E-state index contributed by atoms with van der Waals surface area (Å²) in [5, 5.41) is 0. The monoisotopic (exact) mass is 275 g/mol. The van der Waals surface area contributed by atoms with Crippen LogP contribution in [0, 0.1) is 5.92 Å². The molecule has 0 radical (unpaired) electrons. The van der Waals surface area contributed by atoms with Gasteiger partial charge in [-0.25, -0.2) is 4.79 Å². The van der Waals surface area contributed by atoms with Gasteiger partial charge in [0.05, 0.1) is 0 Å². The molecular formula is C16H25N3O. The number of rotatable bonds is 3. The Balaban J connectivity index is 2.00. The van der Waals surface area contributed by atoms with Gasteiger partial charge >= 0.3 is 6.03 Å². The Morgan fingerprint density at radius 2 is 2.10 bits per heavy atom. The Morgan fingerprint density at radius 1 is 1.40 bits per heavy atom. The number of hydrogen-bond acceptors (Lipinski definition) is 2. The van der Waals surface area contributed by atoms with Gasteiger partial charge in [-0.2, -0.15) is 0 Å². The fourth-order valence-corrected chi connectivity index (χ4v) is 2.72. The van der Waals surface area contributed by atoms with Crippen molar-refractivity contribution in [1.82, 2.24) is 9.80 Å². The van der Waals surface area contributed by atoms with Gasteiger partial charge in [0.15, 0.2) is 0 Å². The van der Waals surface area contributed by atoms with Crippen LogP contribution in [0.5, 0.6) is 0 Å². The molecule has 0 spiro atoms. The molecule has 4 nitrogen and oxygen atoms in total. The van der Waals surface area contributed by atoms with Crippen LogP contribution in [0.25, 0.3) is 0 Å². The predicted octanol–water partition coefficient (Wildman–Crippen LogP) is 2.94. The topological polar surface area (TPSA) is 49.6 Å². The van der Waals surface area contributed by atoms with Crippen LogP contribution in [0.15, 0.2) is 24.3 Å². The van der Waals surface area contributed by atoms with Gasteiger partial charge in [0.2, 0.25) is 0 Å². The molecular weight excluding hydrogens is 250 g/mol. The number of amides is 2. The average Bonchev–Trinajstić information content (AvgIpc) is 2.46. The first kappa shape index (κ1) is 14.7. The summed E-state index contributed by atoms with van der Waals surface area (Å²) in [5.74, 6) is 0.614. The minimum absolute atomic E-state index is 0.163. The van der Waals surface area contributed by atoms with E-state index in [1.807, 2.05) is 41.0 Å². The summed E-state index contributed by atoms with van der Waals surface area (Å²) < 4.78 is 0. The molecule has 1 atom stereocenters. The van der Waals surface area contributed by atoms with Gasteiger partial charge in [0.1, 0.15) is 0 Å². The van der Waals surface area contributed by atoms with Crippen molar-refractivity contribution < 1.29 is 4.79 Å². The molecule has 0 aromatic heterocycles. The Kier molecular flexibility index (Phi) is 4.88. The van der Waals surface area contributed by atoms with Crippen molar-refractivity contribution in [3.63, 3.8) is 0 Å². The van der Waals surface area contributed by atoms with Gasteiger partial charge in [-0.1, -0.05) is 19.1 Å². The quantitative estimate of drug-likeness (QED) is 0.862. The van der Waals surface area contributed by atoms with E-state index in [4.69, 9.17) is 5.73 Å². The van der Waals surface area contributed by atoms with Gasteiger partial charge in [0.25, 0.3) is 0 Å². The van der Waals surface area contributed by atoms with E-state index in [2.05, 4.69) is 6.92 Å². The molecule has 110 valence electrons. The lowest BCUT2D eigenvalue weighted by molar-refractivity contribution is 0.131. The van der Waals surface area contributed by atoms with Crippen molar-refractivity contribution in [1.29, 1.82) is 0 Å². The van der Waals surface area contributed by atoms with Gasteiger partial charge in [-0.3, -0.25) is 0 Å². The van der Waals surface area contributed by atoms with E-state index in [9.17, 15) is 4.79 Å². The smallest absolute Gasteiger partial charge is 0.320 e. The summed E-state index contributed by atoms with van der Waals surface area (Å²) in [6, 6.07) is 7.91. The first-order chi connectivity index (χ1) is 9.60. The van der Waals surface area contributed by atoms with E-state index in [0.717, 1.165) is 37.3 Å². The lowest BCUT2D eigenvalue weighted by Gasteiger charge is -2.35. The van der Waals surface area contributed by atoms with Crippen molar-refractivity contribution in [2.45, 2.75) is 33.2 Å². The molecule has 2 amide bonds. The third-order valence-electron chi connectivity index (χ3n) is 3.93. The fraction of sp³-hybridized carbons (Fsp3) is 0.562. The number of nitrogens with two attached hydrogens (primary N) is 1. The number of nitrogens with zero attached hydrogens (tertiary/aromatic N) is 2.